The zero-order chi connectivity index (χ0) is 18.2. The quantitative estimate of drug-likeness (QED) is 0.581. The van der Waals surface area contributed by atoms with E-state index < -0.39 is 11.8 Å². The van der Waals surface area contributed by atoms with E-state index in [2.05, 4.69) is 10.5 Å². The molecule has 0 saturated carbocycles. The van der Waals surface area contributed by atoms with Crippen LogP contribution in [0, 0.1) is 0 Å². The number of para-hydroxylation sites is 1. The predicted octanol–water partition coefficient (Wildman–Crippen LogP) is 1.98. The summed E-state index contributed by atoms with van der Waals surface area (Å²) >= 11 is 6.05. The minimum atomic E-state index is -0.597. The van der Waals surface area contributed by atoms with Gasteiger partial charge in [-0.05, 0) is 35.9 Å². The lowest BCUT2D eigenvalue weighted by molar-refractivity contribution is -0.119. The van der Waals surface area contributed by atoms with Crippen LogP contribution < -0.4 is 20.6 Å². The number of primary amides is 1. The van der Waals surface area contributed by atoms with E-state index in [9.17, 15) is 9.59 Å². The Labute approximate surface area is 149 Å². The Morgan fingerprint density at radius 2 is 2.00 bits per heavy atom. The lowest BCUT2D eigenvalue weighted by Crippen LogP contribution is -2.20. The highest BCUT2D eigenvalue weighted by molar-refractivity contribution is 6.32. The molecule has 0 heterocycles. The summed E-state index contributed by atoms with van der Waals surface area (Å²) in [4.78, 5) is 22.8. The summed E-state index contributed by atoms with van der Waals surface area (Å²) in [5.41, 5.74) is 8.42. The maximum atomic E-state index is 12.1. The second-order valence-corrected chi connectivity index (χ2v) is 5.25. The number of nitrogens with zero attached hydrogens (tertiary/aromatic N) is 1. The third-order valence-corrected chi connectivity index (χ3v) is 3.35. The van der Waals surface area contributed by atoms with Gasteiger partial charge in [0.25, 0.3) is 11.8 Å². The minimum Gasteiger partial charge on any atom is -0.496 e. The Morgan fingerprint density at radius 1 is 1.24 bits per heavy atom. The molecule has 2 aromatic rings. The van der Waals surface area contributed by atoms with E-state index >= 15 is 0 Å². The normalized spacial score (nSPS) is 10.5. The first-order valence-corrected chi connectivity index (χ1v) is 7.56. The number of benzene rings is 2. The molecule has 0 aliphatic rings. The van der Waals surface area contributed by atoms with Crippen molar-refractivity contribution in [2.45, 2.75) is 0 Å². The van der Waals surface area contributed by atoms with Crippen molar-refractivity contribution in [2.24, 2.45) is 10.8 Å². The monoisotopic (exact) mass is 361 g/mol. The average Bonchev–Trinajstić information content (AvgIpc) is 2.60. The third-order valence-electron chi connectivity index (χ3n) is 3.06. The molecule has 25 heavy (non-hydrogen) atoms. The van der Waals surface area contributed by atoms with Gasteiger partial charge in [-0.3, -0.25) is 9.59 Å². The van der Waals surface area contributed by atoms with Crippen LogP contribution in [0.25, 0.3) is 0 Å². The van der Waals surface area contributed by atoms with E-state index in [-0.39, 0.29) is 6.61 Å². The first kappa shape index (κ1) is 18.3. The smallest absolute Gasteiger partial charge is 0.275 e. The molecule has 0 spiro atoms. The predicted molar refractivity (Wildman–Crippen MR) is 94.2 cm³/mol. The molecule has 0 atom stereocenters. The lowest BCUT2D eigenvalue weighted by atomic mass is 10.2. The molecule has 0 saturated heterocycles. The second-order valence-electron chi connectivity index (χ2n) is 4.84. The third kappa shape index (κ3) is 5.22. The van der Waals surface area contributed by atoms with Gasteiger partial charge in [0.2, 0.25) is 0 Å². The van der Waals surface area contributed by atoms with Crippen molar-refractivity contribution in [2.75, 3.05) is 13.7 Å². The van der Waals surface area contributed by atoms with Crippen LogP contribution in [0.1, 0.15) is 15.9 Å². The van der Waals surface area contributed by atoms with Gasteiger partial charge in [-0.15, -0.1) is 0 Å². The van der Waals surface area contributed by atoms with Gasteiger partial charge >= 0.3 is 0 Å². The molecule has 0 aliphatic carbocycles. The fourth-order valence-electron chi connectivity index (χ4n) is 1.92. The van der Waals surface area contributed by atoms with Crippen LogP contribution in [0.2, 0.25) is 5.02 Å². The molecule has 3 N–H and O–H groups in total. The highest BCUT2D eigenvalue weighted by atomic mass is 35.5. The maximum Gasteiger partial charge on any atom is 0.275 e. The molecular weight excluding hydrogens is 346 g/mol. The number of methoxy groups -OCH3 is 1. The number of ether oxygens (including phenoxy) is 2. The van der Waals surface area contributed by atoms with Crippen LogP contribution in [0.15, 0.2) is 47.6 Å². The van der Waals surface area contributed by atoms with Crippen molar-refractivity contribution in [3.63, 3.8) is 0 Å². The molecule has 0 fully saturated rings. The Bertz CT molecular complexity index is 808. The minimum absolute atomic E-state index is 0.262. The first-order valence-electron chi connectivity index (χ1n) is 7.18. The zero-order valence-corrected chi connectivity index (χ0v) is 14.1. The molecule has 0 aromatic heterocycles. The maximum absolute atomic E-state index is 12.1. The summed E-state index contributed by atoms with van der Waals surface area (Å²) < 4.78 is 10.3. The topological polar surface area (TPSA) is 103 Å². The fourth-order valence-corrected chi connectivity index (χ4v) is 2.16. The molecular formula is C17H16ClN3O4. The van der Waals surface area contributed by atoms with Gasteiger partial charge in [0.05, 0.1) is 23.9 Å². The summed E-state index contributed by atoms with van der Waals surface area (Å²) in [5.74, 6) is -0.216. The van der Waals surface area contributed by atoms with Crippen LogP contribution in [0.3, 0.4) is 0 Å². The van der Waals surface area contributed by atoms with E-state index in [1.54, 1.807) is 42.5 Å². The molecule has 2 amide bonds. The first-order chi connectivity index (χ1) is 12.0. The van der Waals surface area contributed by atoms with Crippen molar-refractivity contribution in [1.82, 2.24) is 5.43 Å². The van der Waals surface area contributed by atoms with Gasteiger partial charge in [0.15, 0.2) is 6.61 Å². The standard InChI is InChI=1S/C17H16ClN3O4/c1-24-14-5-3-2-4-12(14)17(23)21-20-9-11-6-7-15(13(18)8-11)25-10-16(19)22/h2-9H,10H2,1H3,(H2,19,22)(H,21,23). The van der Waals surface area contributed by atoms with Crippen LogP contribution >= 0.6 is 11.6 Å². The summed E-state index contributed by atoms with van der Waals surface area (Å²) in [6, 6.07) is 11.6. The van der Waals surface area contributed by atoms with E-state index in [4.69, 9.17) is 26.8 Å². The van der Waals surface area contributed by atoms with Crippen molar-refractivity contribution < 1.29 is 19.1 Å². The summed E-state index contributed by atoms with van der Waals surface area (Å²) in [6.07, 6.45) is 1.43. The molecule has 0 bridgehead atoms. The van der Waals surface area contributed by atoms with Crippen LogP contribution in [0.4, 0.5) is 0 Å². The molecule has 0 unspecified atom stereocenters. The number of carbonyl (C=O) groups is 2. The van der Waals surface area contributed by atoms with E-state index in [1.807, 2.05) is 0 Å². The molecule has 2 rings (SSSR count). The number of nitrogens with two attached hydrogens (primary N) is 1. The Hall–Kier alpha value is -3.06. The summed E-state index contributed by atoms with van der Waals surface area (Å²) in [5, 5.41) is 4.18. The summed E-state index contributed by atoms with van der Waals surface area (Å²) in [7, 11) is 1.49. The number of amides is 2. The van der Waals surface area contributed by atoms with Crippen LogP contribution in [-0.2, 0) is 4.79 Å². The molecule has 130 valence electrons. The van der Waals surface area contributed by atoms with Crippen molar-refractivity contribution >= 4 is 29.6 Å². The number of hydrazone groups is 1. The summed E-state index contributed by atoms with van der Waals surface area (Å²) in [6.45, 7) is -0.262. The number of hydrogen-bond donors (Lipinski definition) is 2. The molecule has 7 nitrogen and oxygen atoms in total. The van der Waals surface area contributed by atoms with Gasteiger partial charge in [-0.25, -0.2) is 5.43 Å². The van der Waals surface area contributed by atoms with E-state index in [1.165, 1.54) is 13.3 Å². The zero-order valence-electron chi connectivity index (χ0n) is 13.4. The molecule has 0 aliphatic heterocycles. The SMILES string of the molecule is COc1ccccc1C(=O)NN=Cc1ccc(OCC(N)=O)c(Cl)c1. The number of rotatable bonds is 7. The second kappa shape index (κ2) is 8.70. The number of carbonyl (C=O) groups excluding carboxylic acids is 2. The van der Waals surface area contributed by atoms with Crippen molar-refractivity contribution in [3.05, 3.63) is 58.6 Å². The van der Waals surface area contributed by atoms with Gasteiger partial charge in [0, 0.05) is 0 Å². The largest absolute Gasteiger partial charge is 0.496 e. The highest BCUT2D eigenvalue weighted by Gasteiger charge is 2.10. The highest BCUT2D eigenvalue weighted by Crippen LogP contribution is 2.24. The van der Waals surface area contributed by atoms with Crippen LogP contribution in [0.5, 0.6) is 11.5 Å². The van der Waals surface area contributed by atoms with Crippen LogP contribution in [-0.4, -0.2) is 31.7 Å². The molecule has 0 radical (unpaired) electrons. The number of nitrogens with one attached hydrogen (secondary N) is 1. The van der Waals surface area contributed by atoms with Gasteiger partial charge in [-0.1, -0.05) is 23.7 Å². The molecule has 2 aromatic carbocycles. The van der Waals surface area contributed by atoms with E-state index in [0.717, 1.165) is 0 Å². The lowest BCUT2D eigenvalue weighted by Gasteiger charge is -2.07. The Morgan fingerprint density at radius 3 is 2.68 bits per heavy atom. The van der Waals surface area contributed by atoms with Crippen molar-refractivity contribution in [1.29, 1.82) is 0 Å². The van der Waals surface area contributed by atoms with Gasteiger partial charge in [-0.2, -0.15) is 5.10 Å². The Balaban J connectivity index is 2.01. The van der Waals surface area contributed by atoms with Gasteiger partial charge in [0.1, 0.15) is 11.5 Å². The fraction of sp³-hybridized carbons (Fsp3) is 0.118. The Kier molecular flexibility index (Phi) is 6.36. The van der Waals surface area contributed by atoms with E-state index in [0.29, 0.717) is 27.6 Å². The number of halogens is 1. The average molecular weight is 362 g/mol. The number of hydrogen-bond acceptors (Lipinski definition) is 5. The molecule has 8 heteroatoms. The van der Waals surface area contributed by atoms with Gasteiger partial charge < -0.3 is 15.2 Å². The van der Waals surface area contributed by atoms with Crippen molar-refractivity contribution in [3.8, 4) is 11.5 Å².